The van der Waals surface area contributed by atoms with Crippen LogP contribution in [0.3, 0.4) is 0 Å². The van der Waals surface area contributed by atoms with Crippen LogP contribution < -0.4 is 25.5 Å². The third kappa shape index (κ3) is 7.43. The summed E-state index contributed by atoms with van der Waals surface area (Å²) in [7, 11) is 1.46. The summed E-state index contributed by atoms with van der Waals surface area (Å²) in [6.45, 7) is 3.74. The monoisotopic (exact) mass is 474 g/mol. The van der Waals surface area contributed by atoms with Gasteiger partial charge in [-0.2, -0.15) is 5.10 Å². The van der Waals surface area contributed by atoms with Gasteiger partial charge in [0.05, 0.1) is 19.0 Å². The van der Waals surface area contributed by atoms with Gasteiger partial charge in [0.1, 0.15) is 11.5 Å². The van der Waals surface area contributed by atoms with E-state index in [2.05, 4.69) is 21.2 Å². The lowest BCUT2D eigenvalue weighted by molar-refractivity contribution is -0.136. The Morgan fingerprint density at radius 3 is 2.46 bits per heavy atom. The maximum Gasteiger partial charge on any atom is 0.329 e. The smallest absolute Gasteiger partial charge is 0.329 e. The average Bonchev–Trinajstić information content (AvgIpc) is 2.85. The van der Waals surface area contributed by atoms with Crippen molar-refractivity contribution in [1.82, 2.24) is 5.43 Å². The molecule has 0 radical (unpaired) electrons. The number of hydrazone groups is 1. The lowest BCUT2D eigenvalue weighted by atomic mass is 10.1. The maximum atomic E-state index is 12.2. The molecule has 0 heterocycles. The second-order valence-corrected chi connectivity index (χ2v) is 7.58. The van der Waals surface area contributed by atoms with Crippen molar-refractivity contribution in [3.63, 3.8) is 0 Å². The summed E-state index contributed by atoms with van der Waals surface area (Å²) in [6.07, 6.45) is 1.36. The van der Waals surface area contributed by atoms with Gasteiger partial charge in [-0.15, -0.1) is 0 Å². The number of carbonyl (C=O) groups excluding carboxylic acids is 3. The van der Waals surface area contributed by atoms with Gasteiger partial charge >= 0.3 is 11.8 Å². The van der Waals surface area contributed by atoms with E-state index in [0.717, 1.165) is 16.8 Å². The van der Waals surface area contributed by atoms with Crippen molar-refractivity contribution >= 4 is 35.3 Å². The van der Waals surface area contributed by atoms with Crippen molar-refractivity contribution in [2.24, 2.45) is 5.10 Å². The molecule has 0 aliphatic heterocycles. The first-order valence-corrected chi connectivity index (χ1v) is 10.7. The summed E-state index contributed by atoms with van der Waals surface area (Å²) in [5.74, 6) is -1.24. The number of hydrogen-bond acceptors (Lipinski definition) is 6. The molecule has 0 saturated heterocycles. The molecule has 0 atom stereocenters. The van der Waals surface area contributed by atoms with Gasteiger partial charge in [0, 0.05) is 5.69 Å². The van der Waals surface area contributed by atoms with E-state index in [-0.39, 0.29) is 12.5 Å². The van der Waals surface area contributed by atoms with Crippen molar-refractivity contribution in [3.05, 3.63) is 83.4 Å². The minimum Gasteiger partial charge on any atom is -0.495 e. The van der Waals surface area contributed by atoms with Gasteiger partial charge in [-0.25, -0.2) is 5.43 Å². The molecule has 0 saturated carbocycles. The van der Waals surface area contributed by atoms with Crippen LogP contribution in [0, 0.1) is 13.8 Å². The number of carbonyl (C=O) groups is 3. The molecule has 0 aliphatic rings. The number of ether oxygens (including phenoxy) is 2. The molecule has 35 heavy (non-hydrogen) atoms. The van der Waals surface area contributed by atoms with Crippen LogP contribution in [-0.4, -0.2) is 37.7 Å². The third-order valence-corrected chi connectivity index (χ3v) is 4.83. The Morgan fingerprint density at radius 1 is 0.886 bits per heavy atom. The van der Waals surface area contributed by atoms with E-state index in [4.69, 9.17) is 9.47 Å². The van der Waals surface area contributed by atoms with Crippen LogP contribution in [0.5, 0.6) is 11.5 Å². The highest BCUT2D eigenvalue weighted by atomic mass is 16.5. The molecular weight excluding hydrogens is 448 g/mol. The van der Waals surface area contributed by atoms with E-state index in [0.29, 0.717) is 22.7 Å². The number of hydrogen-bond donors (Lipinski definition) is 3. The van der Waals surface area contributed by atoms with Crippen LogP contribution >= 0.6 is 0 Å². The van der Waals surface area contributed by atoms with Gasteiger partial charge in [-0.3, -0.25) is 14.4 Å². The second-order valence-electron chi connectivity index (χ2n) is 7.58. The number of anilines is 2. The Balaban J connectivity index is 1.50. The number of aryl methyl sites for hydroxylation is 2. The fourth-order valence-electron chi connectivity index (χ4n) is 3.12. The van der Waals surface area contributed by atoms with E-state index in [1.54, 1.807) is 48.5 Å². The molecule has 0 fully saturated rings. The zero-order valence-electron chi connectivity index (χ0n) is 19.6. The highest BCUT2D eigenvalue weighted by Gasteiger charge is 2.15. The highest BCUT2D eigenvalue weighted by Crippen LogP contribution is 2.22. The number of nitrogens with zero attached hydrogens (tertiary/aromatic N) is 1. The van der Waals surface area contributed by atoms with E-state index in [1.165, 1.54) is 13.3 Å². The number of methoxy groups -OCH3 is 1. The predicted molar refractivity (Wildman–Crippen MR) is 134 cm³/mol. The Bertz CT molecular complexity index is 1260. The number of benzene rings is 3. The quantitative estimate of drug-likeness (QED) is 0.263. The van der Waals surface area contributed by atoms with Gasteiger partial charge in [-0.05, 0) is 55.3 Å². The molecule has 0 bridgehead atoms. The SMILES string of the molecule is COc1ccccc1NC(=O)C(=O)N/N=C\c1cccc(OCC(=O)Nc2ccc(C)cc2C)c1. The van der Waals surface area contributed by atoms with Crippen LogP contribution in [0.1, 0.15) is 16.7 Å². The first-order chi connectivity index (χ1) is 16.9. The minimum absolute atomic E-state index is 0.173. The average molecular weight is 475 g/mol. The lowest BCUT2D eigenvalue weighted by Gasteiger charge is -2.10. The van der Waals surface area contributed by atoms with Crippen molar-refractivity contribution in [2.45, 2.75) is 13.8 Å². The second kappa shape index (κ2) is 12.0. The number of amides is 3. The molecule has 3 amide bonds. The molecular formula is C26H26N4O5. The van der Waals surface area contributed by atoms with Gasteiger partial charge in [0.2, 0.25) is 0 Å². The van der Waals surface area contributed by atoms with Gasteiger partial charge in [0.15, 0.2) is 6.61 Å². The van der Waals surface area contributed by atoms with Gasteiger partial charge < -0.3 is 20.1 Å². The zero-order chi connectivity index (χ0) is 25.2. The molecule has 0 aromatic heterocycles. The normalized spacial score (nSPS) is 10.5. The summed E-state index contributed by atoms with van der Waals surface area (Å²) in [4.78, 5) is 36.3. The van der Waals surface area contributed by atoms with E-state index >= 15 is 0 Å². The first kappa shape index (κ1) is 25.0. The standard InChI is InChI=1S/C26H26N4O5/c1-17-11-12-21(18(2)13-17)28-24(31)16-35-20-8-6-7-19(14-20)15-27-30-26(33)25(32)29-22-9-4-5-10-23(22)34-3/h4-15H,16H2,1-3H3,(H,28,31)(H,29,32)(H,30,33)/b27-15-. The fourth-order valence-corrected chi connectivity index (χ4v) is 3.12. The van der Waals surface area contributed by atoms with E-state index < -0.39 is 11.8 Å². The van der Waals surface area contributed by atoms with Gasteiger partial charge in [0.25, 0.3) is 5.91 Å². The van der Waals surface area contributed by atoms with E-state index in [1.807, 2.05) is 32.0 Å². The Labute approximate surface area is 203 Å². The minimum atomic E-state index is -0.942. The van der Waals surface area contributed by atoms with Crippen molar-refractivity contribution in [1.29, 1.82) is 0 Å². The number of para-hydroxylation sites is 2. The number of rotatable bonds is 8. The van der Waals surface area contributed by atoms with Crippen molar-refractivity contribution in [3.8, 4) is 11.5 Å². The largest absolute Gasteiger partial charge is 0.495 e. The predicted octanol–water partition coefficient (Wildman–Crippen LogP) is 3.42. The Hall–Kier alpha value is -4.66. The Kier molecular flexibility index (Phi) is 8.55. The summed E-state index contributed by atoms with van der Waals surface area (Å²) in [5.41, 5.74) is 5.95. The summed E-state index contributed by atoms with van der Waals surface area (Å²) in [5, 5.41) is 9.09. The Morgan fingerprint density at radius 2 is 1.69 bits per heavy atom. The van der Waals surface area contributed by atoms with Crippen LogP contribution in [0.2, 0.25) is 0 Å². The van der Waals surface area contributed by atoms with E-state index in [9.17, 15) is 14.4 Å². The fraction of sp³-hybridized carbons (Fsp3) is 0.154. The van der Waals surface area contributed by atoms with Gasteiger partial charge in [-0.1, -0.05) is 42.0 Å². The highest BCUT2D eigenvalue weighted by molar-refractivity contribution is 6.39. The summed E-state index contributed by atoms with van der Waals surface area (Å²) < 4.78 is 10.7. The third-order valence-electron chi connectivity index (χ3n) is 4.83. The molecule has 3 aromatic rings. The zero-order valence-corrected chi connectivity index (χ0v) is 19.6. The molecule has 0 unspecified atom stereocenters. The van der Waals surface area contributed by atoms with Crippen molar-refractivity contribution < 1.29 is 23.9 Å². The lowest BCUT2D eigenvalue weighted by Crippen LogP contribution is -2.32. The molecule has 3 rings (SSSR count). The molecule has 9 nitrogen and oxygen atoms in total. The summed E-state index contributed by atoms with van der Waals surface area (Å²) in [6, 6.07) is 19.3. The van der Waals surface area contributed by atoms with Crippen LogP contribution in [0.15, 0.2) is 71.8 Å². The van der Waals surface area contributed by atoms with Crippen LogP contribution in [-0.2, 0) is 14.4 Å². The first-order valence-electron chi connectivity index (χ1n) is 10.7. The molecule has 9 heteroatoms. The van der Waals surface area contributed by atoms with Crippen LogP contribution in [0.25, 0.3) is 0 Å². The number of nitrogens with one attached hydrogen (secondary N) is 3. The molecule has 3 N–H and O–H groups in total. The molecule has 0 aliphatic carbocycles. The summed E-state index contributed by atoms with van der Waals surface area (Å²) >= 11 is 0. The molecule has 0 spiro atoms. The van der Waals surface area contributed by atoms with Crippen LogP contribution in [0.4, 0.5) is 11.4 Å². The molecule has 3 aromatic carbocycles. The topological polar surface area (TPSA) is 118 Å². The molecule has 180 valence electrons. The maximum absolute atomic E-state index is 12.2. The van der Waals surface area contributed by atoms with Crippen molar-refractivity contribution in [2.75, 3.05) is 24.4 Å².